The Bertz CT molecular complexity index is 911. The van der Waals surface area contributed by atoms with E-state index in [1.807, 2.05) is 48.1 Å². The molecule has 0 aliphatic carbocycles. The fourth-order valence-corrected chi connectivity index (χ4v) is 2.96. The molecule has 1 heterocycles. The second kappa shape index (κ2) is 13.0. The minimum atomic E-state index is 0. The molecule has 1 aromatic heterocycles. The number of hydrogen-bond donors (Lipinski definition) is 2. The number of nitrogens with one attached hydrogen (secondary N) is 2. The summed E-state index contributed by atoms with van der Waals surface area (Å²) in [5, 5.41) is 10.9. The standard InChI is InChI=1S/C23H29N5O.HI/c1-3-24-23(26-16-22-13-14-27-28(22)2)25-15-20-11-7-8-12-21(20)18-29-17-19-9-5-4-6-10-19;/h4-14H,3,15-18H2,1-2H3,(H2,24,25,26);1H. The summed E-state index contributed by atoms with van der Waals surface area (Å²) in [6, 6.07) is 20.5. The van der Waals surface area contributed by atoms with Gasteiger partial charge in [-0.05, 0) is 29.7 Å². The Hall–Kier alpha value is -2.39. The predicted molar refractivity (Wildman–Crippen MR) is 132 cm³/mol. The van der Waals surface area contributed by atoms with Gasteiger partial charge in [0.2, 0.25) is 0 Å². The van der Waals surface area contributed by atoms with Crippen LogP contribution in [0.4, 0.5) is 0 Å². The van der Waals surface area contributed by atoms with E-state index >= 15 is 0 Å². The molecule has 0 spiro atoms. The maximum Gasteiger partial charge on any atom is 0.191 e. The number of aliphatic imine (C=N–C) groups is 1. The highest BCUT2D eigenvalue weighted by Gasteiger charge is 2.05. The smallest absolute Gasteiger partial charge is 0.191 e. The van der Waals surface area contributed by atoms with Gasteiger partial charge >= 0.3 is 0 Å². The predicted octanol–water partition coefficient (Wildman–Crippen LogP) is 4.01. The van der Waals surface area contributed by atoms with Gasteiger partial charge in [0.25, 0.3) is 0 Å². The number of hydrogen-bond acceptors (Lipinski definition) is 3. The summed E-state index contributed by atoms with van der Waals surface area (Å²) in [5.74, 6) is 0.786. The molecule has 0 radical (unpaired) electrons. The normalized spacial score (nSPS) is 11.1. The summed E-state index contributed by atoms with van der Waals surface area (Å²) in [7, 11) is 1.94. The van der Waals surface area contributed by atoms with E-state index in [0.29, 0.717) is 26.3 Å². The number of nitrogens with zero attached hydrogens (tertiary/aromatic N) is 3. The average Bonchev–Trinajstić information content (AvgIpc) is 3.16. The second-order valence-corrected chi connectivity index (χ2v) is 6.74. The van der Waals surface area contributed by atoms with Gasteiger partial charge in [-0.15, -0.1) is 24.0 Å². The molecule has 0 saturated heterocycles. The molecule has 160 valence electrons. The Morgan fingerprint density at radius 1 is 0.967 bits per heavy atom. The summed E-state index contributed by atoms with van der Waals surface area (Å²) < 4.78 is 7.78. The number of ether oxygens (including phenoxy) is 1. The topological polar surface area (TPSA) is 63.5 Å². The lowest BCUT2D eigenvalue weighted by Gasteiger charge is -2.13. The summed E-state index contributed by atoms with van der Waals surface area (Å²) in [4.78, 5) is 4.75. The lowest BCUT2D eigenvalue weighted by molar-refractivity contribution is 0.106. The molecular formula is C23H30IN5O. The molecule has 3 aromatic rings. The van der Waals surface area contributed by atoms with Crippen LogP contribution in [0, 0.1) is 0 Å². The van der Waals surface area contributed by atoms with Gasteiger partial charge in [-0.3, -0.25) is 4.68 Å². The van der Waals surface area contributed by atoms with Crippen molar-refractivity contribution >= 4 is 29.9 Å². The molecule has 0 unspecified atom stereocenters. The molecular weight excluding hydrogens is 489 g/mol. The van der Waals surface area contributed by atoms with Crippen molar-refractivity contribution in [2.24, 2.45) is 12.0 Å². The van der Waals surface area contributed by atoms with E-state index in [2.05, 4.69) is 46.9 Å². The fraction of sp³-hybridized carbons (Fsp3) is 0.304. The monoisotopic (exact) mass is 519 g/mol. The van der Waals surface area contributed by atoms with Crippen molar-refractivity contribution in [1.82, 2.24) is 20.4 Å². The molecule has 0 aliphatic heterocycles. The molecule has 0 bridgehead atoms. The largest absolute Gasteiger partial charge is 0.372 e. The Kier molecular flexibility index (Phi) is 10.4. The molecule has 7 heteroatoms. The zero-order chi connectivity index (χ0) is 20.3. The Balaban J connectivity index is 0.00000320. The van der Waals surface area contributed by atoms with Crippen LogP contribution in [0.25, 0.3) is 0 Å². The van der Waals surface area contributed by atoms with Crippen molar-refractivity contribution < 1.29 is 4.74 Å². The van der Waals surface area contributed by atoms with E-state index in [1.165, 1.54) is 11.1 Å². The third kappa shape index (κ3) is 7.46. The minimum absolute atomic E-state index is 0. The Morgan fingerprint density at radius 2 is 1.70 bits per heavy atom. The van der Waals surface area contributed by atoms with Crippen LogP contribution in [0.3, 0.4) is 0 Å². The van der Waals surface area contributed by atoms with Gasteiger partial charge in [0.05, 0.1) is 32.0 Å². The Labute approximate surface area is 195 Å². The van der Waals surface area contributed by atoms with E-state index in [9.17, 15) is 0 Å². The van der Waals surface area contributed by atoms with Gasteiger partial charge < -0.3 is 15.4 Å². The van der Waals surface area contributed by atoms with Gasteiger partial charge in [-0.1, -0.05) is 54.6 Å². The van der Waals surface area contributed by atoms with E-state index in [4.69, 9.17) is 9.73 Å². The van der Waals surface area contributed by atoms with Crippen LogP contribution < -0.4 is 10.6 Å². The first kappa shape index (κ1) is 23.9. The van der Waals surface area contributed by atoms with Crippen molar-refractivity contribution in [3.05, 3.63) is 89.2 Å². The van der Waals surface area contributed by atoms with Crippen LogP contribution >= 0.6 is 24.0 Å². The van der Waals surface area contributed by atoms with Crippen LogP contribution in [0.5, 0.6) is 0 Å². The molecule has 0 aliphatic rings. The molecule has 0 amide bonds. The van der Waals surface area contributed by atoms with Crippen molar-refractivity contribution in [2.75, 3.05) is 6.54 Å². The molecule has 2 aromatic carbocycles. The van der Waals surface area contributed by atoms with Crippen LogP contribution in [0.2, 0.25) is 0 Å². The summed E-state index contributed by atoms with van der Waals surface area (Å²) in [5.41, 5.74) is 4.61. The molecule has 3 rings (SSSR count). The molecule has 6 nitrogen and oxygen atoms in total. The van der Waals surface area contributed by atoms with Crippen LogP contribution in [-0.4, -0.2) is 22.3 Å². The van der Waals surface area contributed by atoms with Crippen molar-refractivity contribution in [3.8, 4) is 0 Å². The number of aryl methyl sites for hydroxylation is 1. The van der Waals surface area contributed by atoms with Gasteiger partial charge in [-0.25, -0.2) is 4.99 Å². The quantitative estimate of drug-likeness (QED) is 0.255. The summed E-state index contributed by atoms with van der Waals surface area (Å²) in [6.45, 7) is 5.30. The maximum absolute atomic E-state index is 5.92. The van der Waals surface area contributed by atoms with Crippen molar-refractivity contribution in [3.63, 3.8) is 0 Å². The summed E-state index contributed by atoms with van der Waals surface area (Å²) in [6.07, 6.45) is 1.80. The molecule has 0 saturated carbocycles. The van der Waals surface area contributed by atoms with Crippen LogP contribution in [0.1, 0.15) is 29.3 Å². The highest BCUT2D eigenvalue weighted by atomic mass is 127. The third-order valence-electron chi connectivity index (χ3n) is 4.60. The van der Waals surface area contributed by atoms with E-state index in [0.717, 1.165) is 23.8 Å². The first-order valence-corrected chi connectivity index (χ1v) is 9.93. The summed E-state index contributed by atoms with van der Waals surface area (Å²) >= 11 is 0. The number of benzene rings is 2. The number of halogens is 1. The Morgan fingerprint density at radius 3 is 2.40 bits per heavy atom. The SMILES string of the molecule is CCNC(=NCc1ccccc1COCc1ccccc1)NCc1ccnn1C.I. The number of guanidine groups is 1. The second-order valence-electron chi connectivity index (χ2n) is 6.74. The van der Waals surface area contributed by atoms with Crippen LogP contribution in [0.15, 0.2) is 71.9 Å². The van der Waals surface area contributed by atoms with Gasteiger partial charge in [0, 0.05) is 19.8 Å². The first-order valence-electron chi connectivity index (χ1n) is 9.93. The lowest BCUT2D eigenvalue weighted by atomic mass is 10.1. The minimum Gasteiger partial charge on any atom is -0.372 e. The molecule has 0 fully saturated rings. The van der Waals surface area contributed by atoms with E-state index in [-0.39, 0.29) is 24.0 Å². The highest BCUT2D eigenvalue weighted by molar-refractivity contribution is 14.0. The van der Waals surface area contributed by atoms with Gasteiger partial charge in [0.1, 0.15) is 0 Å². The van der Waals surface area contributed by atoms with E-state index in [1.54, 1.807) is 6.20 Å². The third-order valence-corrected chi connectivity index (χ3v) is 4.60. The van der Waals surface area contributed by atoms with Gasteiger partial charge in [0.15, 0.2) is 5.96 Å². The molecule has 2 N–H and O–H groups in total. The average molecular weight is 519 g/mol. The number of aromatic nitrogens is 2. The first-order chi connectivity index (χ1) is 14.3. The lowest BCUT2D eigenvalue weighted by Crippen LogP contribution is -2.37. The zero-order valence-electron chi connectivity index (χ0n) is 17.5. The maximum atomic E-state index is 5.92. The fourth-order valence-electron chi connectivity index (χ4n) is 2.96. The number of rotatable bonds is 9. The van der Waals surface area contributed by atoms with Crippen molar-refractivity contribution in [2.45, 2.75) is 33.2 Å². The highest BCUT2D eigenvalue weighted by Crippen LogP contribution is 2.13. The molecule has 30 heavy (non-hydrogen) atoms. The van der Waals surface area contributed by atoms with E-state index < -0.39 is 0 Å². The zero-order valence-corrected chi connectivity index (χ0v) is 19.9. The van der Waals surface area contributed by atoms with Crippen molar-refractivity contribution in [1.29, 1.82) is 0 Å². The van der Waals surface area contributed by atoms with Gasteiger partial charge in [-0.2, -0.15) is 5.10 Å². The van der Waals surface area contributed by atoms with Crippen LogP contribution in [-0.2, 0) is 38.1 Å². The molecule has 0 atom stereocenters.